The van der Waals surface area contributed by atoms with E-state index >= 15 is 0 Å². The highest BCUT2D eigenvalue weighted by Crippen LogP contribution is 2.21. The molecule has 8 heteroatoms. The number of carbonyl (C=O) groups is 2. The fourth-order valence-corrected chi connectivity index (χ4v) is 4.30. The van der Waals surface area contributed by atoms with Gasteiger partial charge in [0, 0.05) is 51.5 Å². The monoisotopic (exact) mass is 426 g/mol. The summed E-state index contributed by atoms with van der Waals surface area (Å²) in [5, 5.41) is 3.07. The first-order valence-corrected chi connectivity index (χ1v) is 10.8. The molecule has 0 aliphatic carbocycles. The van der Waals surface area contributed by atoms with Gasteiger partial charge in [-0.25, -0.2) is 4.79 Å². The van der Waals surface area contributed by atoms with Crippen molar-refractivity contribution in [2.45, 2.75) is 32.6 Å². The number of hydrogen-bond acceptors (Lipinski definition) is 5. The van der Waals surface area contributed by atoms with Crippen LogP contribution >= 0.6 is 0 Å². The normalized spacial score (nSPS) is 22.4. The number of para-hydroxylation sites is 1. The van der Waals surface area contributed by atoms with Gasteiger partial charge in [0.2, 0.25) is 0 Å². The molecule has 166 valence electrons. The first kappa shape index (κ1) is 21.4. The van der Waals surface area contributed by atoms with Gasteiger partial charge in [-0.1, -0.05) is 18.2 Å². The number of amides is 3. The summed E-state index contributed by atoms with van der Waals surface area (Å²) in [6.45, 7) is 8.63. The van der Waals surface area contributed by atoms with E-state index < -0.39 is 0 Å². The van der Waals surface area contributed by atoms with Gasteiger partial charge in [0.25, 0.3) is 5.91 Å². The number of hydrogen-bond donors (Lipinski definition) is 1. The van der Waals surface area contributed by atoms with Crippen molar-refractivity contribution in [3.8, 4) is 0 Å². The zero-order valence-electron chi connectivity index (χ0n) is 18.1. The number of carbonyl (C=O) groups excluding carboxylic acids is 2. The molecule has 2 fully saturated rings. The van der Waals surface area contributed by atoms with Crippen LogP contribution in [0.25, 0.3) is 0 Å². The molecule has 2 saturated heterocycles. The summed E-state index contributed by atoms with van der Waals surface area (Å²) >= 11 is 0. The average Bonchev–Trinajstić information content (AvgIpc) is 3.29. The molecule has 2 aliphatic heterocycles. The van der Waals surface area contributed by atoms with Gasteiger partial charge in [-0.3, -0.25) is 9.69 Å². The lowest BCUT2D eigenvalue weighted by Crippen LogP contribution is -2.51. The lowest BCUT2D eigenvalue weighted by molar-refractivity contribution is -0.0704. The Kier molecular flexibility index (Phi) is 6.58. The highest BCUT2D eigenvalue weighted by molar-refractivity contribution is 5.92. The molecule has 0 spiro atoms. The maximum absolute atomic E-state index is 12.9. The van der Waals surface area contributed by atoms with E-state index in [-0.39, 0.29) is 24.1 Å². The molecule has 1 N–H and O–H groups in total. The second-order valence-electron chi connectivity index (χ2n) is 8.30. The van der Waals surface area contributed by atoms with E-state index in [1.54, 1.807) is 21.9 Å². The Bertz CT molecular complexity index is 883. The predicted molar refractivity (Wildman–Crippen MR) is 117 cm³/mol. The van der Waals surface area contributed by atoms with E-state index in [0.717, 1.165) is 30.9 Å². The second kappa shape index (κ2) is 9.53. The second-order valence-corrected chi connectivity index (χ2v) is 8.30. The van der Waals surface area contributed by atoms with Gasteiger partial charge < -0.3 is 24.3 Å². The number of furan rings is 1. The van der Waals surface area contributed by atoms with Crippen LogP contribution in [0, 0.1) is 0 Å². The van der Waals surface area contributed by atoms with E-state index in [2.05, 4.69) is 30.1 Å². The number of anilines is 1. The molecule has 3 heterocycles. The molecule has 31 heavy (non-hydrogen) atoms. The van der Waals surface area contributed by atoms with Gasteiger partial charge in [-0.15, -0.1) is 0 Å². The maximum atomic E-state index is 12.9. The summed E-state index contributed by atoms with van der Waals surface area (Å²) in [5.74, 6) is 0.197. The van der Waals surface area contributed by atoms with Crippen molar-refractivity contribution in [2.75, 3.05) is 44.6 Å². The molecule has 4 rings (SSSR count). The molecule has 0 radical (unpaired) electrons. The van der Waals surface area contributed by atoms with Crippen LogP contribution in [0.5, 0.6) is 0 Å². The molecule has 2 atom stereocenters. The van der Waals surface area contributed by atoms with E-state index in [1.807, 2.05) is 18.2 Å². The Morgan fingerprint density at radius 1 is 0.968 bits per heavy atom. The van der Waals surface area contributed by atoms with Crippen molar-refractivity contribution in [2.24, 2.45) is 0 Å². The Morgan fingerprint density at radius 3 is 2.32 bits per heavy atom. The minimum Gasteiger partial charge on any atom is -0.459 e. The third kappa shape index (κ3) is 5.26. The van der Waals surface area contributed by atoms with Gasteiger partial charge in [0.1, 0.15) is 0 Å². The number of rotatable bonds is 4. The van der Waals surface area contributed by atoms with Crippen LogP contribution in [-0.2, 0) is 11.3 Å². The highest BCUT2D eigenvalue weighted by Gasteiger charge is 2.27. The van der Waals surface area contributed by atoms with Crippen molar-refractivity contribution in [1.29, 1.82) is 0 Å². The van der Waals surface area contributed by atoms with Crippen molar-refractivity contribution < 1.29 is 18.7 Å². The molecule has 8 nitrogen and oxygen atoms in total. The zero-order valence-corrected chi connectivity index (χ0v) is 18.1. The molecule has 3 amide bonds. The molecule has 0 saturated carbocycles. The smallest absolute Gasteiger partial charge is 0.321 e. The first-order valence-electron chi connectivity index (χ1n) is 10.8. The standard InChI is InChI=1S/C23H30N4O4/c1-17-14-25(15-18(2)31-17)16-19-6-3-4-7-20(19)24-23(29)27-11-9-26(10-12-27)22(28)21-8-5-13-30-21/h3-8,13,17-18H,9-12,14-16H2,1-2H3,(H,24,29). The van der Waals surface area contributed by atoms with Crippen molar-refractivity contribution in [1.82, 2.24) is 14.7 Å². The number of urea groups is 1. The van der Waals surface area contributed by atoms with Crippen LogP contribution in [0.15, 0.2) is 47.1 Å². The molecule has 0 bridgehead atoms. The van der Waals surface area contributed by atoms with Crippen LogP contribution in [0.1, 0.15) is 30.0 Å². The minimum atomic E-state index is -0.138. The largest absolute Gasteiger partial charge is 0.459 e. The van der Waals surface area contributed by atoms with Crippen molar-refractivity contribution in [3.05, 3.63) is 54.0 Å². The van der Waals surface area contributed by atoms with Gasteiger partial charge in [-0.05, 0) is 37.6 Å². The lowest BCUT2D eigenvalue weighted by atomic mass is 10.1. The molecule has 2 aliphatic rings. The SMILES string of the molecule is CC1CN(Cc2ccccc2NC(=O)N2CCN(C(=O)c3ccco3)CC2)CC(C)O1. The zero-order chi connectivity index (χ0) is 21.8. The Labute approximate surface area is 182 Å². The number of ether oxygens (including phenoxy) is 1. The van der Waals surface area contributed by atoms with Crippen molar-refractivity contribution in [3.63, 3.8) is 0 Å². The Morgan fingerprint density at radius 2 is 1.65 bits per heavy atom. The Balaban J connectivity index is 1.33. The van der Waals surface area contributed by atoms with Gasteiger partial charge in [0.05, 0.1) is 18.5 Å². The molecule has 1 aromatic carbocycles. The summed E-state index contributed by atoms with van der Waals surface area (Å²) in [6.07, 6.45) is 1.89. The van der Waals surface area contributed by atoms with Crippen LogP contribution in [0.3, 0.4) is 0 Å². The predicted octanol–water partition coefficient (Wildman–Crippen LogP) is 2.88. The molecular weight excluding hydrogens is 396 g/mol. The van der Waals surface area contributed by atoms with Gasteiger partial charge >= 0.3 is 6.03 Å². The maximum Gasteiger partial charge on any atom is 0.321 e. The fourth-order valence-electron chi connectivity index (χ4n) is 4.30. The summed E-state index contributed by atoms with van der Waals surface area (Å²) < 4.78 is 11.0. The van der Waals surface area contributed by atoms with Gasteiger partial charge in [-0.2, -0.15) is 0 Å². The van der Waals surface area contributed by atoms with E-state index in [1.165, 1.54) is 6.26 Å². The summed E-state index contributed by atoms with van der Waals surface area (Å²) in [7, 11) is 0. The molecule has 1 aromatic heterocycles. The van der Waals surface area contributed by atoms with E-state index in [4.69, 9.17) is 9.15 Å². The third-order valence-electron chi connectivity index (χ3n) is 5.73. The summed E-state index contributed by atoms with van der Waals surface area (Å²) in [5.41, 5.74) is 1.91. The summed E-state index contributed by atoms with van der Waals surface area (Å²) in [6, 6.07) is 11.2. The Hall–Kier alpha value is -2.84. The van der Waals surface area contributed by atoms with Crippen LogP contribution < -0.4 is 5.32 Å². The van der Waals surface area contributed by atoms with Crippen LogP contribution in [0.4, 0.5) is 10.5 Å². The molecular formula is C23H30N4O4. The number of piperazine rings is 1. The number of nitrogens with zero attached hydrogens (tertiary/aromatic N) is 3. The van der Waals surface area contributed by atoms with E-state index in [0.29, 0.717) is 31.9 Å². The molecule has 2 unspecified atom stereocenters. The number of nitrogens with one attached hydrogen (secondary N) is 1. The number of benzene rings is 1. The topological polar surface area (TPSA) is 78.3 Å². The fraction of sp³-hybridized carbons (Fsp3) is 0.478. The lowest BCUT2D eigenvalue weighted by Gasteiger charge is -2.36. The van der Waals surface area contributed by atoms with Crippen LogP contribution in [-0.4, -0.2) is 78.1 Å². The molecule has 2 aromatic rings. The number of morpholine rings is 1. The third-order valence-corrected chi connectivity index (χ3v) is 5.73. The summed E-state index contributed by atoms with van der Waals surface area (Å²) in [4.78, 5) is 31.1. The van der Waals surface area contributed by atoms with Crippen molar-refractivity contribution >= 4 is 17.6 Å². The van der Waals surface area contributed by atoms with E-state index in [9.17, 15) is 9.59 Å². The quantitative estimate of drug-likeness (QED) is 0.813. The highest BCUT2D eigenvalue weighted by atomic mass is 16.5. The minimum absolute atomic E-state index is 0.135. The first-order chi connectivity index (χ1) is 15.0. The van der Waals surface area contributed by atoms with Gasteiger partial charge in [0.15, 0.2) is 5.76 Å². The van der Waals surface area contributed by atoms with Crippen LogP contribution in [0.2, 0.25) is 0 Å². The average molecular weight is 427 g/mol.